The molecule has 0 saturated heterocycles. The minimum atomic E-state index is -3.78. The lowest BCUT2D eigenvalue weighted by Gasteiger charge is -2.10. The van der Waals surface area contributed by atoms with E-state index < -0.39 is 10.0 Å². The fraction of sp³-hybridized carbons (Fsp3) is 0.154. The molecule has 106 valence electrons. The van der Waals surface area contributed by atoms with Crippen molar-refractivity contribution >= 4 is 27.3 Å². The van der Waals surface area contributed by atoms with Crippen molar-refractivity contribution in [3.63, 3.8) is 0 Å². The number of hydrogen-bond donors (Lipinski definition) is 1. The van der Waals surface area contributed by atoms with Crippen LogP contribution in [0.2, 0.25) is 5.02 Å². The zero-order valence-corrected chi connectivity index (χ0v) is 12.3. The molecule has 0 unspecified atom stereocenters. The fourth-order valence-corrected chi connectivity index (χ4v) is 3.07. The molecular weight excluding hydrogens is 300 g/mol. The number of nitrogens with zero attached hydrogens (tertiary/aromatic N) is 1. The van der Waals surface area contributed by atoms with Crippen LogP contribution in [0.15, 0.2) is 47.6 Å². The number of anilines is 1. The molecule has 0 aliphatic rings. The van der Waals surface area contributed by atoms with E-state index in [0.29, 0.717) is 18.0 Å². The van der Waals surface area contributed by atoms with Crippen molar-refractivity contribution in [3.05, 3.63) is 47.7 Å². The quantitative estimate of drug-likeness (QED) is 0.921. The Hall–Kier alpha value is -1.79. The maximum atomic E-state index is 12.2. The third-order valence-electron chi connectivity index (χ3n) is 2.42. The van der Waals surface area contributed by atoms with Crippen LogP contribution in [0.3, 0.4) is 0 Å². The van der Waals surface area contributed by atoms with E-state index in [1.54, 1.807) is 24.3 Å². The first-order chi connectivity index (χ1) is 9.53. The Bertz CT molecular complexity index is 704. The van der Waals surface area contributed by atoms with Crippen molar-refractivity contribution in [3.8, 4) is 5.75 Å². The number of rotatable bonds is 5. The Morgan fingerprint density at radius 1 is 1.35 bits per heavy atom. The van der Waals surface area contributed by atoms with Gasteiger partial charge >= 0.3 is 0 Å². The molecule has 0 fully saturated rings. The molecule has 0 radical (unpaired) electrons. The lowest BCUT2D eigenvalue weighted by molar-refractivity contribution is 0.340. The predicted molar refractivity (Wildman–Crippen MR) is 77.7 cm³/mol. The minimum Gasteiger partial charge on any atom is -0.494 e. The normalized spacial score (nSPS) is 11.1. The van der Waals surface area contributed by atoms with Gasteiger partial charge in [0.1, 0.15) is 10.6 Å². The monoisotopic (exact) mass is 312 g/mol. The van der Waals surface area contributed by atoms with Crippen molar-refractivity contribution in [1.82, 2.24) is 4.98 Å². The van der Waals surface area contributed by atoms with E-state index in [4.69, 9.17) is 16.3 Å². The number of pyridine rings is 1. The number of ether oxygens (including phenoxy) is 1. The summed E-state index contributed by atoms with van der Waals surface area (Å²) in [4.78, 5) is 3.71. The summed E-state index contributed by atoms with van der Waals surface area (Å²) < 4.78 is 32.2. The first-order valence-electron chi connectivity index (χ1n) is 5.88. The Morgan fingerprint density at radius 3 is 2.85 bits per heavy atom. The molecule has 20 heavy (non-hydrogen) atoms. The van der Waals surface area contributed by atoms with Gasteiger partial charge in [0.15, 0.2) is 0 Å². The van der Waals surface area contributed by atoms with E-state index in [1.807, 2.05) is 6.92 Å². The van der Waals surface area contributed by atoms with Crippen LogP contribution < -0.4 is 9.46 Å². The van der Waals surface area contributed by atoms with Crippen LogP contribution in [-0.2, 0) is 10.0 Å². The highest BCUT2D eigenvalue weighted by atomic mass is 35.5. The highest BCUT2D eigenvalue weighted by Crippen LogP contribution is 2.24. The Labute approximate surface area is 122 Å². The fourth-order valence-electron chi connectivity index (χ4n) is 1.59. The van der Waals surface area contributed by atoms with E-state index >= 15 is 0 Å². The van der Waals surface area contributed by atoms with E-state index in [1.165, 1.54) is 18.5 Å². The van der Waals surface area contributed by atoms with E-state index in [2.05, 4.69) is 9.71 Å². The maximum absolute atomic E-state index is 12.2. The Balaban J connectivity index is 2.29. The summed E-state index contributed by atoms with van der Waals surface area (Å²) in [7, 11) is -3.78. The van der Waals surface area contributed by atoms with E-state index in [0.717, 1.165) is 0 Å². The molecule has 0 amide bonds. The SMILES string of the molecule is CCOc1cccc(NS(=O)(=O)c2cnccc2Cl)c1. The van der Waals surface area contributed by atoms with Crippen LogP contribution >= 0.6 is 11.6 Å². The van der Waals surface area contributed by atoms with Crippen LogP contribution in [0.25, 0.3) is 0 Å². The second-order valence-electron chi connectivity index (χ2n) is 3.87. The van der Waals surface area contributed by atoms with Crippen LogP contribution in [0.5, 0.6) is 5.75 Å². The number of hydrogen-bond acceptors (Lipinski definition) is 4. The molecule has 0 spiro atoms. The van der Waals surface area contributed by atoms with Gasteiger partial charge in [0, 0.05) is 18.5 Å². The molecule has 0 bridgehead atoms. The molecule has 1 heterocycles. The van der Waals surface area contributed by atoms with Crippen molar-refractivity contribution in [1.29, 1.82) is 0 Å². The maximum Gasteiger partial charge on any atom is 0.264 e. The van der Waals surface area contributed by atoms with Gasteiger partial charge in [0.2, 0.25) is 0 Å². The smallest absolute Gasteiger partial charge is 0.264 e. The van der Waals surface area contributed by atoms with Gasteiger partial charge in [-0.05, 0) is 25.1 Å². The first kappa shape index (κ1) is 14.6. The summed E-state index contributed by atoms with van der Waals surface area (Å²) in [6, 6.07) is 8.11. The van der Waals surface area contributed by atoms with Gasteiger partial charge in [-0.3, -0.25) is 9.71 Å². The van der Waals surface area contributed by atoms with Gasteiger partial charge in [0.05, 0.1) is 17.3 Å². The summed E-state index contributed by atoms with van der Waals surface area (Å²) in [6.45, 7) is 2.36. The second-order valence-corrected chi connectivity index (χ2v) is 5.93. The molecule has 0 aliphatic heterocycles. The average molecular weight is 313 g/mol. The lowest BCUT2D eigenvalue weighted by Crippen LogP contribution is -2.13. The number of benzene rings is 1. The molecule has 2 aromatic rings. The molecule has 5 nitrogen and oxygen atoms in total. The predicted octanol–water partition coefficient (Wildman–Crippen LogP) is 2.93. The zero-order chi connectivity index (χ0) is 14.6. The summed E-state index contributed by atoms with van der Waals surface area (Å²) >= 11 is 5.87. The molecule has 7 heteroatoms. The van der Waals surface area contributed by atoms with Crippen LogP contribution in [-0.4, -0.2) is 20.0 Å². The van der Waals surface area contributed by atoms with Crippen molar-refractivity contribution in [2.24, 2.45) is 0 Å². The Morgan fingerprint density at radius 2 is 2.15 bits per heavy atom. The zero-order valence-electron chi connectivity index (χ0n) is 10.7. The van der Waals surface area contributed by atoms with Gasteiger partial charge in [0.25, 0.3) is 10.0 Å². The summed E-state index contributed by atoms with van der Waals surface area (Å²) in [5.74, 6) is 0.588. The summed E-state index contributed by atoms with van der Waals surface area (Å²) in [6.07, 6.45) is 2.63. The largest absolute Gasteiger partial charge is 0.494 e. The molecule has 0 atom stereocenters. The minimum absolute atomic E-state index is 0.0662. The van der Waals surface area contributed by atoms with Gasteiger partial charge in [-0.2, -0.15) is 0 Å². The molecule has 1 aromatic heterocycles. The third kappa shape index (κ3) is 3.40. The first-order valence-corrected chi connectivity index (χ1v) is 7.74. The topological polar surface area (TPSA) is 68.3 Å². The van der Waals surface area contributed by atoms with Crippen molar-refractivity contribution < 1.29 is 13.2 Å². The second kappa shape index (κ2) is 6.11. The summed E-state index contributed by atoms with van der Waals surface area (Å²) in [5, 5.41) is 0.119. The number of sulfonamides is 1. The van der Waals surface area contributed by atoms with Gasteiger partial charge in [-0.15, -0.1) is 0 Å². The van der Waals surface area contributed by atoms with Crippen LogP contribution in [0, 0.1) is 0 Å². The number of nitrogens with one attached hydrogen (secondary N) is 1. The van der Waals surface area contributed by atoms with Gasteiger partial charge in [-0.1, -0.05) is 17.7 Å². The van der Waals surface area contributed by atoms with Crippen molar-refractivity contribution in [2.75, 3.05) is 11.3 Å². The van der Waals surface area contributed by atoms with Crippen molar-refractivity contribution in [2.45, 2.75) is 11.8 Å². The molecule has 0 aliphatic carbocycles. The van der Waals surface area contributed by atoms with E-state index in [9.17, 15) is 8.42 Å². The van der Waals surface area contributed by atoms with Gasteiger partial charge < -0.3 is 4.74 Å². The molecule has 2 rings (SSSR count). The average Bonchev–Trinajstić information content (AvgIpc) is 2.39. The third-order valence-corrected chi connectivity index (χ3v) is 4.27. The summed E-state index contributed by atoms with van der Waals surface area (Å²) in [5.41, 5.74) is 0.399. The highest BCUT2D eigenvalue weighted by molar-refractivity contribution is 7.92. The standard InChI is InChI=1S/C13H13ClN2O3S/c1-2-19-11-5-3-4-10(8-11)16-20(17,18)13-9-15-7-6-12(13)14/h3-9,16H,2H2,1H3. The van der Waals surface area contributed by atoms with Crippen LogP contribution in [0.1, 0.15) is 6.92 Å². The molecule has 0 saturated carbocycles. The molecular formula is C13H13ClN2O3S. The number of halogens is 1. The van der Waals surface area contributed by atoms with Crippen LogP contribution in [0.4, 0.5) is 5.69 Å². The van der Waals surface area contributed by atoms with Gasteiger partial charge in [-0.25, -0.2) is 8.42 Å². The Kier molecular flexibility index (Phi) is 4.46. The highest BCUT2D eigenvalue weighted by Gasteiger charge is 2.18. The number of aromatic nitrogens is 1. The molecule has 1 aromatic carbocycles. The molecule has 1 N–H and O–H groups in total. The lowest BCUT2D eigenvalue weighted by atomic mass is 10.3. The van der Waals surface area contributed by atoms with E-state index in [-0.39, 0.29) is 9.92 Å².